The lowest BCUT2D eigenvalue weighted by Gasteiger charge is -2.37. The predicted octanol–water partition coefficient (Wildman–Crippen LogP) is 2.52. The topological polar surface area (TPSA) is 78.8 Å². The summed E-state index contributed by atoms with van der Waals surface area (Å²) < 4.78 is 5.42. The monoisotopic (exact) mass is 368 g/mol. The lowest BCUT2D eigenvalue weighted by molar-refractivity contribution is 0.0692. The molecule has 0 saturated carbocycles. The molecule has 0 radical (unpaired) electrons. The van der Waals surface area contributed by atoms with Gasteiger partial charge in [-0.05, 0) is 50.6 Å². The van der Waals surface area contributed by atoms with Crippen LogP contribution in [0, 0.1) is 0 Å². The average Bonchev–Trinajstić information content (AvgIpc) is 3.16. The number of aromatic carboxylic acids is 1. The molecule has 0 spiro atoms. The van der Waals surface area contributed by atoms with E-state index in [1.165, 1.54) is 19.4 Å². The number of ether oxygens (including phenoxy) is 1. The van der Waals surface area contributed by atoms with Crippen molar-refractivity contribution >= 4 is 11.9 Å². The van der Waals surface area contributed by atoms with Crippen molar-refractivity contribution in [2.75, 3.05) is 37.7 Å². The minimum Gasteiger partial charge on any atom is -0.493 e. The van der Waals surface area contributed by atoms with Gasteiger partial charge in [0.25, 0.3) is 0 Å². The third kappa shape index (κ3) is 3.60. The van der Waals surface area contributed by atoms with Gasteiger partial charge in [0.1, 0.15) is 11.3 Å². The average molecular weight is 368 g/mol. The van der Waals surface area contributed by atoms with E-state index in [9.17, 15) is 9.90 Å². The molecule has 3 heterocycles. The molecule has 1 aromatic carbocycles. The standard InChI is InChI=1S/C20H24N4O3/c1-2-27-18-6-5-14(12-16(18)19(25)26)17-7-8-21-20(22-17)24-11-10-23-9-3-4-15(23)13-24/h5-8,12,15H,2-4,9-11,13H2,1H3,(H,25,26)/t15-/m0/s1. The molecule has 0 unspecified atom stereocenters. The van der Waals surface area contributed by atoms with Crippen LogP contribution in [0.3, 0.4) is 0 Å². The highest BCUT2D eigenvalue weighted by atomic mass is 16.5. The Balaban J connectivity index is 1.61. The summed E-state index contributed by atoms with van der Waals surface area (Å²) in [6.07, 6.45) is 4.25. The van der Waals surface area contributed by atoms with Crippen LogP contribution in [0.4, 0.5) is 5.95 Å². The van der Waals surface area contributed by atoms with Crippen LogP contribution in [-0.2, 0) is 0 Å². The molecule has 2 saturated heterocycles. The Morgan fingerprint density at radius 3 is 3.00 bits per heavy atom. The van der Waals surface area contributed by atoms with Crippen molar-refractivity contribution in [2.24, 2.45) is 0 Å². The highest BCUT2D eigenvalue weighted by molar-refractivity contribution is 5.92. The molecule has 27 heavy (non-hydrogen) atoms. The van der Waals surface area contributed by atoms with Gasteiger partial charge in [0.15, 0.2) is 0 Å². The molecular formula is C20H24N4O3. The third-order valence-corrected chi connectivity index (χ3v) is 5.32. The van der Waals surface area contributed by atoms with Crippen LogP contribution >= 0.6 is 0 Å². The fourth-order valence-electron chi connectivity index (χ4n) is 3.97. The number of rotatable bonds is 5. The molecule has 0 amide bonds. The summed E-state index contributed by atoms with van der Waals surface area (Å²) in [7, 11) is 0. The van der Waals surface area contributed by atoms with Crippen molar-refractivity contribution < 1.29 is 14.6 Å². The number of benzene rings is 1. The highest BCUT2D eigenvalue weighted by Crippen LogP contribution is 2.28. The summed E-state index contributed by atoms with van der Waals surface area (Å²) in [5.41, 5.74) is 1.62. The summed E-state index contributed by atoms with van der Waals surface area (Å²) in [6.45, 7) is 6.37. The number of piperazine rings is 1. The quantitative estimate of drug-likeness (QED) is 0.869. The van der Waals surface area contributed by atoms with Crippen LogP contribution in [0.5, 0.6) is 5.75 Å². The number of hydrogen-bond acceptors (Lipinski definition) is 6. The Bertz CT molecular complexity index is 842. The first-order valence-electron chi connectivity index (χ1n) is 9.48. The van der Waals surface area contributed by atoms with E-state index >= 15 is 0 Å². The Labute approximate surface area is 158 Å². The van der Waals surface area contributed by atoms with Gasteiger partial charge >= 0.3 is 5.97 Å². The molecule has 1 N–H and O–H groups in total. The first-order valence-corrected chi connectivity index (χ1v) is 9.48. The number of carboxylic acids is 1. The number of carboxylic acid groups (broad SMARTS) is 1. The predicted molar refractivity (Wildman–Crippen MR) is 102 cm³/mol. The number of fused-ring (bicyclic) bond motifs is 1. The molecule has 142 valence electrons. The van der Waals surface area contributed by atoms with Crippen LogP contribution < -0.4 is 9.64 Å². The van der Waals surface area contributed by atoms with Crippen LogP contribution in [0.25, 0.3) is 11.3 Å². The fourth-order valence-corrected chi connectivity index (χ4v) is 3.97. The lowest BCUT2D eigenvalue weighted by Crippen LogP contribution is -2.50. The zero-order valence-corrected chi connectivity index (χ0v) is 15.5. The van der Waals surface area contributed by atoms with Crippen molar-refractivity contribution in [3.63, 3.8) is 0 Å². The van der Waals surface area contributed by atoms with E-state index in [-0.39, 0.29) is 5.56 Å². The second-order valence-corrected chi connectivity index (χ2v) is 6.97. The van der Waals surface area contributed by atoms with E-state index in [1.807, 2.05) is 19.1 Å². The second kappa shape index (κ2) is 7.52. The van der Waals surface area contributed by atoms with E-state index in [1.54, 1.807) is 18.3 Å². The van der Waals surface area contributed by atoms with Crippen LogP contribution in [-0.4, -0.2) is 64.8 Å². The second-order valence-electron chi connectivity index (χ2n) is 6.97. The van der Waals surface area contributed by atoms with Crippen molar-refractivity contribution in [2.45, 2.75) is 25.8 Å². The number of anilines is 1. The normalized spacial score (nSPS) is 19.7. The Morgan fingerprint density at radius 2 is 2.19 bits per heavy atom. The van der Waals surface area contributed by atoms with Gasteiger partial charge in [-0.25, -0.2) is 14.8 Å². The maximum atomic E-state index is 11.6. The van der Waals surface area contributed by atoms with E-state index in [4.69, 9.17) is 9.72 Å². The summed E-state index contributed by atoms with van der Waals surface area (Å²) in [5, 5.41) is 9.48. The zero-order valence-electron chi connectivity index (χ0n) is 15.5. The van der Waals surface area contributed by atoms with Gasteiger partial charge in [-0.15, -0.1) is 0 Å². The summed E-state index contributed by atoms with van der Waals surface area (Å²) >= 11 is 0. The van der Waals surface area contributed by atoms with Crippen LogP contribution in [0.15, 0.2) is 30.5 Å². The largest absolute Gasteiger partial charge is 0.493 e. The number of carbonyl (C=O) groups is 1. The summed E-state index contributed by atoms with van der Waals surface area (Å²) in [5.74, 6) is 0.0807. The lowest BCUT2D eigenvalue weighted by atomic mass is 10.1. The minimum absolute atomic E-state index is 0.147. The molecule has 2 aliphatic heterocycles. The third-order valence-electron chi connectivity index (χ3n) is 5.32. The number of aromatic nitrogens is 2. The van der Waals surface area contributed by atoms with Crippen LogP contribution in [0.1, 0.15) is 30.1 Å². The minimum atomic E-state index is -1.01. The van der Waals surface area contributed by atoms with Crippen molar-refractivity contribution in [1.82, 2.24) is 14.9 Å². The van der Waals surface area contributed by atoms with E-state index in [0.29, 0.717) is 24.3 Å². The van der Waals surface area contributed by atoms with Crippen LogP contribution in [0.2, 0.25) is 0 Å². The maximum Gasteiger partial charge on any atom is 0.339 e. The van der Waals surface area contributed by atoms with Gasteiger partial charge in [-0.3, -0.25) is 4.90 Å². The zero-order chi connectivity index (χ0) is 18.8. The van der Waals surface area contributed by atoms with E-state index in [2.05, 4.69) is 14.8 Å². The Kier molecular flexibility index (Phi) is 4.94. The molecule has 2 aliphatic rings. The van der Waals surface area contributed by atoms with Gasteiger partial charge in [0, 0.05) is 37.4 Å². The molecule has 1 aromatic heterocycles. The van der Waals surface area contributed by atoms with E-state index in [0.717, 1.165) is 30.9 Å². The fraction of sp³-hybridized carbons (Fsp3) is 0.450. The first kappa shape index (κ1) is 17.7. The van der Waals surface area contributed by atoms with Gasteiger partial charge < -0.3 is 14.7 Å². The molecule has 7 heteroatoms. The molecule has 0 aliphatic carbocycles. The van der Waals surface area contributed by atoms with Gasteiger partial charge in [0.2, 0.25) is 5.95 Å². The highest BCUT2D eigenvalue weighted by Gasteiger charge is 2.31. The van der Waals surface area contributed by atoms with Crippen molar-refractivity contribution in [3.05, 3.63) is 36.0 Å². The molecule has 0 bridgehead atoms. The summed E-state index contributed by atoms with van der Waals surface area (Å²) in [4.78, 5) is 25.5. The Morgan fingerprint density at radius 1 is 1.30 bits per heavy atom. The number of nitrogens with zero attached hydrogens (tertiary/aromatic N) is 4. The van der Waals surface area contributed by atoms with Crippen molar-refractivity contribution in [3.8, 4) is 17.0 Å². The van der Waals surface area contributed by atoms with Gasteiger partial charge in [-0.1, -0.05) is 0 Å². The van der Waals surface area contributed by atoms with Gasteiger partial charge in [-0.2, -0.15) is 0 Å². The SMILES string of the molecule is CCOc1ccc(-c2ccnc(N3CCN4CCC[C@H]4C3)n2)cc1C(=O)O. The Hall–Kier alpha value is -2.67. The molecule has 2 fully saturated rings. The maximum absolute atomic E-state index is 11.6. The van der Waals surface area contributed by atoms with Gasteiger partial charge in [0.05, 0.1) is 12.3 Å². The summed E-state index contributed by atoms with van der Waals surface area (Å²) in [6, 6.07) is 7.57. The smallest absolute Gasteiger partial charge is 0.339 e. The molecular weight excluding hydrogens is 344 g/mol. The molecule has 2 aromatic rings. The molecule has 4 rings (SSSR count). The molecule has 1 atom stereocenters. The number of hydrogen-bond donors (Lipinski definition) is 1. The van der Waals surface area contributed by atoms with E-state index < -0.39 is 5.97 Å². The first-order chi connectivity index (χ1) is 13.2. The molecule has 7 nitrogen and oxygen atoms in total. The van der Waals surface area contributed by atoms with Crippen molar-refractivity contribution in [1.29, 1.82) is 0 Å².